The molecule has 0 saturated carbocycles. The van der Waals surface area contributed by atoms with Gasteiger partial charge in [-0.15, -0.1) is 0 Å². The number of aliphatic imine (C=N–C) groups is 1. The van der Waals surface area contributed by atoms with Crippen LogP contribution in [0.25, 0.3) is 0 Å². The fraction of sp³-hybridized carbons (Fsp3) is 0.944. The van der Waals surface area contributed by atoms with Crippen molar-refractivity contribution in [3.05, 3.63) is 0 Å². The molecule has 0 radical (unpaired) electrons. The van der Waals surface area contributed by atoms with Crippen LogP contribution in [0.1, 0.15) is 33.1 Å². The number of rotatable bonds is 6. The Labute approximate surface area is 143 Å². The van der Waals surface area contributed by atoms with Crippen molar-refractivity contribution in [3.8, 4) is 0 Å². The number of nitrogens with one attached hydrogen (secondary N) is 1. The number of likely N-dealkylation sites (tertiary alicyclic amines) is 2. The van der Waals surface area contributed by atoms with Gasteiger partial charge in [0.2, 0.25) is 0 Å². The van der Waals surface area contributed by atoms with Gasteiger partial charge in [0.05, 0.1) is 0 Å². The van der Waals surface area contributed by atoms with E-state index in [4.69, 9.17) is 0 Å². The van der Waals surface area contributed by atoms with E-state index in [1.54, 1.807) is 0 Å². The van der Waals surface area contributed by atoms with Gasteiger partial charge in [0.25, 0.3) is 0 Å². The van der Waals surface area contributed by atoms with Gasteiger partial charge in [0.15, 0.2) is 5.96 Å². The predicted molar refractivity (Wildman–Crippen MR) is 99.1 cm³/mol. The topological polar surface area (TPSA) is 34.1 Å². The van der Waals surface area contributed by atoms with Crippen LogP contribution in [0.2, 0.25) is 0 Å². The quantitative estimate of drug-likeness (QED) is 0.594. The maximum Gasteiger partial charge on any atom is 0.193 e. The Bertz CT molecular complexity index is 366. The van der Waals surface area contributed by atoms with E-state index >= 15 is 0 Å². The van der Waals surface area contributed by atoms with Crippen molar-refractivity contribution in [3.63, 3.8) is 0 Å². The molecule has 2 unspecified atom stereocenters. The summed E-state index contributed by atoms with van der Waals surface area (Å²) in [7, 11) is 4.16. The first-order chi connectivity index (χ1) is 11.2. The smallest absolute Gasteiger partial charge is 0.193 e. The van der Waals surface area contributed by atoms with E-state index in [9.17, 15) is 0 Å². The summed E-state index contributed by atoms with van der Waals surface area (Å²) in [6.07, 6.45) is 3.97. The van der Waals surface area contributed by atoms with Crippen LogP contribution in [-0.4, -0.2) is 87.1 Å². The molecule has 2 fully saturated rings. The average Bonchev–Trinajstić information content (AvgIpc) is 3.02. The third kappa shape index (κ3) is 5.64. The summed E-state index contributed by atoms with van der Waals surface area (Å²) in [5.41, 5.74) is 0. The number of nitrogens with zero attached hydrogens (tertiary/aromatic N) is 4. The van der Waals surface area contributed by atoms with Crippen molar-refractivity contribution in [1.82, 2.24) is 20.0 Å². The van der Waals surface area contributed by atoms with Gasteiger partial charge in [-0.25, -0.2) is 0 Å². The van der Waals surface area contributed by atoms with Crippen molar-refractivity contribution in [1.29, 1.82) is 0 Å². The standard InChI is InChI=1S/C18H37N5/c1-5-22(6-2)14-17-9-11-23(15-17)18(19-3)20-12-16-8-7-10-21(4)13-16/h16-17H,5-15H2,1-4H3,(H,19,20). The molecule has 2 rings (SSSR count). The molecular formula is C18H37N5. The van der Waals surface area contributed by atoms with E-state index in [1.807, 2.05) is 7.05 Å². The molecular weight excluding hydrogens is 286 g/mol. The third-order valence-electron chi connectivity index (χ3n) is 5.48. The van der Waals surface area contributed by atoms with Crippen LogP contribution >= 0.6 is 0 Å². The van der Waals surface area contributed by atoms with E-state index in [-0.39, 0.29) is 0 Å². The molecule has 0 aliphatic carbocycles. The van der Waals surface area contributed by atoms with Gasteiger partial charge in [0.1, 0.15) is 0 Å². The van der Waals surface area contributed by atoms with E-state index in [2.05, 4.69) is 45.9 Å². The van der Waals surface area contributed by atoms with Gasteiger partial charge < -0.3 is 20.0 Å². The largest absolute Gasteiger partial charge is 0.356 e. The highest BCUT2D eigenvalue weighted by Crippen LogP contribution is 2.18. The Morgan fingerprint density at radius 1 is 1.13 bits per heavy atom. The van der Waals surface area contributed by atoms with Crippen molar-refractivity contribution >= 4 is 5.96 Å². The molecule has 2 aliphatic rings. The lowest BCUT2D eigenvalue weighted by Gasteiger charge is -2.31. The van der Waals surface area contributed by atoms with Crippen LogP contribution < -0.4 is 5.32 Å². The van der Waals surface area contributed by atoms with Gasteiger partial charge in [-0.05, 0) is 57.8 Å². The fourth-order valence-corrected chi connectivity index (χ4v) is 4.03. The van der Waals surface area contributed by atoms with Gasteiger partial charge in [-0.3, -0.25) is 4.99 Å². The molecule has 2 atom stereocenters. The highest BCUT2D eigenvalue weighted by Gasteiger charge is 2.26. The van der Waals surface area contributed by atoms with E-state index in [1.165, 1.54) is 38.9 Å². The predicted octanol–water partition coefficient (Wildman–Crippen LogP) is 1.57. The van der Waals surface area contributed by atoms with Crippen LogP contribution in [0.5, 0.6) is 0 Å². The van der Waals surface area contributed by atoms with Gasteiger partial charge in [-0.2, -0.15) is 0 Å². The number of piperidine rings is 1. The fourth-order valence-electron chi connectivity index (χ4n) is 4.03. The molecule has 2 aliphatic heterocycles. The number of guanidine groups is 1. The van der Waals surface area contributed by atoms with Crippen molar-refractivity contribution in [2.24, 2.45) is 16.8 Å². The zero-order chi connectivity index (χ0) is 16.7. The van der Waals surface area contributed by atoms with E-state index < -0.39 is 0 Å². The summed E-state index contributed by atoms with van der Waals surface area (Å²) in [4.78, 5) is 12.0. The normalized spacial score (nSPS) is 27.0. The minimum absolute atomic E-state index is 0.763. The minimum atomic E-state index is 0.763. The lowest BCUT2D eigenvalue weighted by atomic mass is 9.99. The Kier molecular flexibility index (Phi) is 7.63. The maximum atomic E-state index is 4.53. The molecule has 0 spiro atoms. The molecule has 5 heteroatoms. The minimum Gasteiger partial charge on any atom is -0.356 e. The van der Waals surface area contributed by atoms with Crippen LogP contribution in [0, 0.1) is 11.8 Å². The molecule has 2 heterocycles. The zero-order valence-corrected chi connectivity index (χ0v) is 15.7. The lowest BCUT2D eigenvalue weighted by Crippen LogP contribution is -2.45. The average molecular weight is 324 g/mol. The first kappa shape index (κ1) is 18.5. The second kappa shape index (κ2) is 9.48. The summed E-state index contributed by atoms with van der Waals surface area (Å²) in [5, 5.41) is 3.64. The summed E-state index contributed by atoms with van der Waals surface area (Å²) >= 11 is 0. The van der Waals surface area contributed by atoms with Crippen LogP contribution in [0.15, 0.2) is 4.99 Å². The first-order valence-corrected chi connectivity index (χ1v) is 9.52. The molecule has 0 amide bonds. The summed E-state index contributed by atoms with van der Waals surface area (Å²) in [5.74, 6) is 2.66. The van der Waals surface area contributed by atoms with Crippen molar-refractivity contribution in [2.45, 2.75) is 33.1 Å². The SMILES string of the molecule is CCN(CC)CC1CCN(C(=NC)NCC2CCCN(C)C2)C1. The first-order valence-electron chi connectivity index (χ1n) is 9.52. The molecule has 1 N–H and O–H groups in total. The summed E-state index contributed by atoms with van der Waals surface area (Å²) in [6.45, 7) is 13.9. The van der Waals surface area contributed by atoms with Gasteiger partial charge >= 0.3 is 0 Å². The van der Waals surface area contributed by atoms with Crippen LogP contribution in [0.4, 0.5) is 0 Å². The maximum absolute atomic E-state index is 4.53. The molecule has 23 heavy (non-hydrogen) atoms. The Morgan fingerprint density at radius 2 is 1.91 bits per heavy atom. The highest BCUT2D eigenvalue weighted by molar-refractivity contribution is 5.80. The van der Waals surface area contributed by atoms with Crippen LogP contribution in [-0.2, 0) is 0 Å². The molecule has 0 aromatic heterocycles. The number of hydrogen-bond acceptors (Lipinski definition) is 3. The molecule has 0 aromatic rings. The van der Waals surface area contributed by atoms with E-state index in [0.717, 1.165) is 50.5 Å². The highest BCUT2D eigenvalue weighted by atomic mass is 15.3. The van der Waals surface area contributed by atoms with E-state index in [0.29, 0.717) is 0 Å². The Hall–Kier alpha value is -0.810. The Balaban J connectivity index is 1.76. The third-order valence-corrected chi connectivity index (χ3v) is 5.48. The zero-order valence-electron chi connectivity index (χ0n) is 15.7. The second-order valence-corrected chi connectivity index (χ2v) is 7.29. The molecule has 134 valence electrons. The second-order valence-electron chi connectivity index (χ2n) is 7.29. The van der Waals surface area contributed by atoms with Crippen molar-refractivity contribution in [2.75, 3.05) is 66.5 Å². The summed E-state index contributed by atoms with van der Waals surface area (Å²) in [6, 6.07) is 0. The van der Waals surface area contributed by atoms with Gasteiger partial charge in [-0.1, -0.05) is 13.8 Å². The monoisotopic (exact) mass is 323 g/mol. The Morgan fingerprint density at radius 3 is 2.57 bits per heavy atom. The molecule has 0 aromatic carbocycles. The summed E-state index contributed by atoms with van der Waals surface area (Å²) < 4.78 is 0. The van der Waals surface area contributed by atoms with Crippen molar-refractivity contribution < 1.29 is 0 Å². The van der Waals surface area contributed by atoms with Crippen LogP contribution in [0.3, 0.4) is 0 Å². The molecule has 5 nitrogen and oxygen atoms in total. The lowest BCUT2D eigenvalue weighted by molar-refractivity contribution is 0.209. The van der Waals surface area contributed by atoms with Gasteiger partial charge in [0, 0.05) is 39.8 Å². The molecule has 2 saturated heterocycles. The molecule has 0 bridgehead atoms. The number of hydrogen-bond donors (Lipinski definition) is 1.